The summed E-state index contributed by atoms with van der Waals surface area (Å²) in [6.07, 6.45) is 1.18. The van der Waals surface area contributed by atoms with Gasteiger partial charge in [-0.1, -0.05) is 0 Å². The maximum absolute atomic E-state index is 11.3. The van der Waals surface area contributed by atoms with Crippen molar-refractivity contribution in [2.75, 3.05) is 38.5 Å². The Morgan fingerprint density at radius 3 is 2.73 bits per heavy atom. The van der Waals surface area contributed by atoms with Crippen LogP contribution >= 0.6 is 35.7 Å². The van der Waals surface area contributed by atoms with Gasteiger partial charge in [-0.3, -0.25) is 9.79 Å². The molecule has 0 aromatic carbocycles. The lowest BCUT2D eigenvalue weighted by atomic mass is 10.2. The normalized spacial score (nSPS) is 17.6. The van der Waals surface area contributed by atoms with Crippen molar-refractivity contribution >= 4 is 47.7 Å². The van der Waals surface area contributed by atoms with E-state index in [1.54, 1.807) is 0 Å². The number of hydrogen-bond donors (Lipinski definition) is 1. The number of nitrogens with zero attached hydrogens (tertiary/aromatic N) is 2. The van der Waals surface area contributed by atoms with E-state index in [2.05, 4.69) is 36.0 Å². The maximum atomic E-state index is 11.3. The molecule has 1 aliphatic heterocycles. The second-order valence-electron chi connectivity index (χ2n) is 5.67. The molecule has 0 spiro atoms. The summed E-state index contributed by atoms with van der Waals surface area (Å²) in [5.74, 6) is 1.96. The molecule has 0 radical (unpaired) electrons. The molecule has 1 rings (SSSR count). The SMILES string of the molecule is CCNC(=NCCCC(=O)OCC)N1CCSC(C)(C)C1.I. The van der Waals surface area contributed by atoms with Crippen molar-refractivity contribution in [1.82, 2.24) is 10.2 Å². The van der Waals surface area contributed by atoms with Crippen LogP contribution < -0.4 is 5.32 Å². The van der Waals surface area contributed by atoms with Crippen LogP contribution in [0.5, 0.6) is 0 Å². The summed E-state index contributed by atoms with van der Waals surface area (Å²) < 4.78 is 5.19. The number of ether oxygens (including phenoxy) is 1. The van der Waals surface area contributed by atoms with Gasteiger partial charge in [0, 0.05) is 43.1 Å². The zero-order valence-electron chi connectivity index (χ0n) is 14.2. The summed E-state index contributed by atoms with van der Waals surface area (Å²) in [7, 11) is 0. The summed E-state index contributed by atoms with van der Waals surface area (Å²) in [5, 5.41) is 3.35. The molecule has 0 unspecified atom stereocenters. The second kappa shape index (κ2) is 11.4. The van der Waals surface area contributed by atoms with Gasteiger partial charge in [0.1, 0.15) is 0 Å². The molecule has 1 aliphatic rings. The smallest absolute Gasteiger partial charge is 0.305 e. The van der Waals surface area contributed by atoms with E-state index in [1.807, 2.05) is 18.7 Å². The number of esters is 1. The quantitative estimate of drug-likeness (QED) is 0.225. The fraction of sp³-hybridized carbons (Fsp3) is 0.867. The average molecular weight is 443 g/mol. The highest BCUT2D eigenvalue weighted by Gasteiger charge is 2.28. The average Bonchev–Trinajstić information content (AvgIpc) is 2.41. The first kappa shape index (κ1) is 21.8. The first-order valence-electron chi connectivity index (χ1n) is 7.81. The number of guanidine groups is 1. The highest BCUT2D eigenvalue weighted by molar-refractivity contribution is 14.0. The van der Waals surface area contributed by atoms with E-state index in [0.29, 0.717) is 19.6 Å². The summed E-state index contributed by atoms with van der Waals surface area (Å²) >= 11 is 2.01. The molecule has 0 bridgehead atoms. The third kappa shape index (κ3) is 8.45. The first-order valence-corrected chi connectivity index (χ1v) is 8.80. The summed E-state index contributed by atoms with van der Waals surface area (Å²) in [4.78, 5) is 18.3. The molecule has 0 atom stereocenters. The standard InChI is InChI=1S/C15H29N3O2S.HI/c1-5-16-14(17-9-7-8-13(19)20-6-2)18-10-11-21-15(3,4)12-18;/h5-12H2,1-4H3,(H,16,17);1H. The number of nitrogens with one attached hydrogen (secondary N) is 1. The van der Waals surface area contributed by atoms with E-state index in [1.165, 1.54) is 0 Å². The molecular formula is C15H30IN3O2S. The van der Waals surface area contributed by atoms with E-state index >= 15 is 0 Å². The topological polar surface area (TPSA) is 53.9 Å². The van der Waals surface area contributed by atoms with Gasteiger partial charge in [0.25, 0.3) is 0 Å². The molecule has 1 fully saturated rings. The van der Waals surface area contributed by atoms with Gasteiger partial charge < -0.3 is 15.0 Å². The Hall–Kier alpha value is -0.180. The van der Waals surface area contributed by atoms with Crippen LogP contribution in [0.25, 0.3) is 0 Å². The van der Waals surface area contributed by atoms with E-state index in [-0.39, 0.29) is 34.7 Å². The molecule has 0 aliphatic carbocycles. The highest BCUT2D eigenvalue weighted by atomic mass is 127. The zero-order valence-corrected chi connectivity index (χ0v) is 17.3. The molecule has 0 saturated carbocycles. The van der Waals surface area contributed by atoms with Crippen molar-refractivity contribution in [3.8, 4) is 0 Å². The second-order valence-corrected chi connectivity index (χ2v) is 7.48. The maximum Gasteiger partial charge on any atom is 0.305 e. The van der Waals surface area contributed by atoms with Gasteiger partial charge in [-0.05, 0) is 34.1 Å². The number of carbonyl (C=O) groups is 1. The van der Waals surface area contributed by atoms with Crippen molar-refractivity contribution in [3.63, 3.8) is 0 Å². The third-order valence-corrected chi connectivity index (χ3v) is 4.46. The molecule has 5 nitrogen and oxygen atoms in total. The van der Waals surface area contributed by atoms with Crippen LogP contribution in [-0.4, -0.2) is 60.1 Å². The Bertz CT molecular complexity index is 365. The molecule has 7 heteroatoms. The fourth-order valence-electron chi connectivity index (χ4n) is 2.26. The van der Waals surface area contributed by atoms with E-state index in [0.717, 1.165) is 37.8 Å². The van der Waals surface area contributed by atoms with Gasteiger partial charge in [-0.15, -0.1) is 24.0 Å². The van der Waals surface area contributed by atoms with Crippen LogP contribution in [0.1, 0.15) is 40.5 Å². The Labute approximate surface area is 156 Å². The molecule has 1 heterocycles. The number of rotatable bonds is 6. The van der Waals surface area contributed by atoms with Crippen LogP contribution in [0.4, 0.5) is 0 Å². The Kier molecular flexibility index (Phi) is 11.3. The minimum Gasteiger partial charge on any atom is -0.466 e. The molecule has 1 N–H and O–H groups in total. The number of aliphatic imine (C=N–C) groups is 1. The first-order chi connectivity index (χ1) is 9.98. The van der Waals surface area contributed by atoms with Gasteiger partial charge in [0.15, 0.2) is 5.96 Å². The Morgan fingerprint density at radius 2 is 2.14 bits per heavy atom. The van der Waals surface area contributed by atoms with E-state index in [9.17, 15) is 4.79 Å². The van der Waals surface area contributed by atoms with Gasteiger partial charge >= 0.3 is 5.97 Å². The Balaban J connectivity index is 0.00000441. The fourth-order valence-corrected chi connectivity index (χ4v) is 3.38. The van der Waals surface area contributed by atoms with Crippen LogP contribution in [0.3, 0.4) is 0 Å². The van der Waals surface area contributed by atoms with E-state index < -0.39 is 0 Å². The predicted molar refractivity (Wildman–Crippen MR) is 105 cm³/mol. The lowest BCUT2D eigenvalue weighted by Crippen LogP contribution is -2.51. The van der Waals surface area contributed by atoms with E-state index in [4.69, 9.17) is 4.74 Å². The van der Waals surface area contributed by atoms with Crippen LogP contribution in [0.2, 0.25) is 0 Å². The van der Waals surface area contributed by atoms with Gasteiger partial charge in [-0.2, -0.15) is 11.8 Å². The summed E-state index contributed by atoms with van der Waals surface area (Å²) in [6.45, 7) is 12.5. The summed E-state index contributed by atoms with van der Waals surface area (Å²) in [6, 6.07) is 0. The zero-order chi connectivity index (χ0) is 15.7. The van der Waals surface area contributed by atoms with Gasteiger partial charge in [0.2, 0.25) is 0 Å². The molecule has 130 valence electrons. The van der Waals surface area contributed by atoms with Crippen molar-refractivity contribution in [1.29, 1.82) is 0 Å². The largest absolute Gasteiger partial charge is 0.466 e. The predicted octanol–water partition coefficient (Wildman–Crippen LogP) is 2.74. The number of carbonyl (C=O) groups excluding carboxylic acids is 1. The molecule has 1 saturated heterocycles. The van der Waals surface area contributed by atoms with Crippen molar-refractivity contribution in [2.45, 2.75) is 45.3 Å². The molecular weight excluding hydrogens is 413 g/mol. The minimum absolute atomic E-state index is 0. The Morgan fingerprint density at radius 1 is 1.41 bits per heavy atom. The van der Waals surface area contributed by atoms with Gasteiger partial charge in [-0.25, -0.2) is 0 Å². The van der Waals surface area contributed by atoms with Crippen molar-refractivity contribution in [2.24, 2.45) is 4.99 Å². The number of thioether (sulfide) groups is 1. The van der Waals surface area contributed by atoms with Crippen LogP contribution in [-0.2, 0) is 9.53 Å². The third-order valence-electron chi connectivity index (χ3n) is 3.17. The molecule has 0 amide bonds. The van der Waals surface area contributed by atoms with Crippen molar-refractivity contribution < 1.29 is 9.53 Å². The van der Waals surface area contributed by atoms with Crippen LogP contribution in [0.15, 0.2) is 4.99 Å². The van der Waals surface area contributed by atoms with Crippen LogP contribution in [0, 0.1) is 0 Å². The van der Waals surface area contributed by atoms with Gasteiger partial charge in [0.05, 0.1) is 6.61 Å². The summed E-state index contributed by atoms with van der Waals surface area (Å²) in [5.41, 5.74) is 0. The molecule has 22 heavy (non-hydrogen) atoms. The number of hydrogen-bond acceptors (Lipinski definition) is 4. The minimum atomic E-state index is -0.131. The highest BCUT2D eigenvalue weighted by Crippen LogP contribution is 2.29. The van der Waals surface area contributed by atoms with Crippen molar-refractivity contribution in [3.05, 3.63) is 0 Å². The number of halogens is 1. The lowest BCUT2D eigenvalue weighted by molar-refractivity contribution is -0.143. The molecule has 0 aromatic rings. The lowest BCUT2D eigenvalue weighted by Gasteiger charge is -2.39. The molecule has 0 aromatic heterocycles. The monoisotopic (exact) mass is 443 g/mol.